The Hall–Kier alpha value is -2.95. The van der Waals surface area contributed by atoms with Crippen LogP contribution in [-0.2, 0) is 0 Å². The summed E-state index contributed by atoms with van der Waals surface area (Å²) >= 11 is 0. The lowest BCUT2D eigenvalue weighted by atomic mass is 10.2. The lowest BCUT2D eigenvalue weighted by Crippen LogP contribution is -2.19. The van der Waals surface area contributed by atoms with Crippen LogP contribution in [0.2, 0.25) is 0 Å². The molecule has 22 heavy (non-hydrogen) atoms. The van der Waals surface area contributed by atoms with Gasteiger partial charge in [0.05, 0.1) is 7.11 Å². The van der Waals surface area contributed by atoms with E-state index in [2.05, 4.69) is 15.6 Å². The Balaban J connectivity index is 1.71. The molecule has 0 atom stereocenters. The first-order chi connectivity index (χ1) is 10.6. The number of carbonyl (C=O) groups excluding carboxylic acids is 1. The van der Waals surface area contributed by atoms with Gasteiger partial charge in [0.15, 0.2) is 0 Å². The summed E-state index contributed by atoms with van der Waals surface area (Å²) in [6.45, 7) is 2.00. The molecule has 5 heteroatoms. The van der Waals surface area contributed by atoms with Crippen molar-refractivity contribution in [3.8, 4) is 5.75 Å². The molecule has 0 bridgehead atoms. The number of aromatic amines is 1. The Kier molecular flexibility index (Phi) is 3.70. The molecule has 2 aromatic carbocycles. The van der Waals surface area contributed by atoms with E-state index in [1.165, 1.54) is 0 Å². The quantitative estimate of drug-likeness (QED) is 0.680. The van der Waals surface area contributed by atoms with E-state index in [1.54, 1.807) is 19.2 Å². The molecule has 0 saturated heterocycles. The third kappa shape index (κ3) is 3.03. The van der Waals surface area contributed by atoms with Crippen LogP contribution in [-0.4, -0.2) is 18.1 Å². The van der Waals surface area contributed by atoms with Gasteiger partial charge in [0, 0.05) is 34.0 Å². The van der Waals surface area contributed by atoms with E-state index < -0.39 is 0 Å². The molecule has 0 spiro atoms. The molecule has 0 aliphatic heterocycles. The zero-order chi connectivity index (χ0) is 15.5. The number of hydrogen-bond donors (Lipinski definition) is 3. The van der Waals surface area contributed by atoms with Gasteiger partial charge in [0.1, 0.15) is 5.75 Å². The van der Waals surface area contributed by atoms with Crippen LogP contribution in [0.4, 0.5) is 16.2 Å². The lowest BCUT2D eigenvalue weighted by molar-refractivity contribution is 0.262. The highest BCUT2D eigenvalue weighted by Gasteiger charge is 2.05. The first-order valence-corrected chi connectivity index (χ1v) is 6.95. The molecule has 5 nitrogen and oxygen atoms in total. The molecule has 2 amide bonds. The van der Waals surface area contributed by atoms with Gasteiger partial charge in [-0.2, -0.15) is 0 Å². The molecule has 1 heterocycles. The van der Waals surface area contributed by atoms with Crippen molar-refractivity contribution < 1.29 is 9.53 Å². The van der Waals surface area contributed by atoms with Gasteiger partial charge in [0.25, 0.3) is 0 Å². The van der Waals surface area contributed by atoms with Crippen LogP contribution in [0.3, 0.4) is 0 Å². The smallest absolute Gasteiger partial charge is 0.323 e. The number of fused-ring (bicyclic) bond motifs is 1. The third-order valence-corrected chi connectivity index (χ3v) is 3.34. The van der Waals surface area contributed by atoms with E-state index in [0.29, 0.717) is 11.4 Å². The van der Waals surface area contributed by atoms with Gasteiger partial charge in [-0.1, -0.05) is 6.07 Å². The second kappa shape index (κ2) is 5.81. The van der Waals surface area contributed by atoms with Gasteiger partial charge >= 0.3 is 6.03 Å². The van der Waals surface area contributed by atoms with Crippen LogP contribution in [0.1, 0.15) is 5.69 Å². The molecule has 0 fully saturated rings. The predicted molar refractivity (Wildman–Crippen MR) is 88.7 cm³/mol. The number of hydrogen-bond acceptors (Lipinski definition) is 2. The number of methoxy groups -OCH3 is 1. The Bertz CT molecular complexity index is 824. The molecule has 0 aliphatic carbocycles. The van der Waals surface area contributed by atoms with Crippen molar-refractivity contribution in [3.63, 3.8) is 0 Å². The largest absolute Gasteiger partial charge is 0.497 e. The van der Waals surface area contributed by atoms with Crippen molar-refractivity contribution in [1.29, 1.82) is 0 Å². The summed E-state index contributed by atoms with van der Waals surface area (Å²) in [5.74, 6) is 0.696. The predicted octanol–water partition coefficient (Wildman–Crippen LogP) is 4.13. The van der Waals surface area contributed by atoms with Crippen molar-refractivity contribution in [2.45, 2.75) is 6.92 Å². The number of anilines is 2. The number of rotatable bonds is 3. The van der Waals surface area contributed by atoms with Crippen LogP contribution >= 0.6 is 0 Å². The summed E-state index contributed by atoms with van der Waals surface area (Å²) in [4.78, 5) is 15.3. The molecule has 0 saturated carbocycles. The van der Waals surface area contributed by atoms with Gasteiger partial charge in [-0.15, -0.1) is 0 Å². The van der Waals surface area contributed by atoms with Gasteiger partial charge in [-0.25, -0.2) is 4.79 Å². The van der Waals surface area contributed by atoms with E-state index in [4.69, 9.17) is 4.74 Å². The maximum atomic E-state index is 12.1. The van der Waals surface area contributed by atoms with E-state index in [0.717, 1.165) is 22.3 Å². The Labute approximate surface area is 128 Å². The van der Waals surface area contributed by atoms with Gasteiger partial charge in [0.2, 0.25) is 0 Å². The summed E-state index contributed by atoms with van der Waals surface area (Å²) < 4.78 is 5.13. The van der Waals surface area contributed by atoms with E-state index in [1.807, 2.05) is 43.3 Å². The first kappa shape index (κ1) is 14.0. The first-order valence-electron chi connectivity index (χ1n) is 6.95. The maximum absolute atomic E-state index is 12.1. The average molecular weight is 295 g/mol. The number of amides is 2. The number of nitrogens with one attached hydrogen (secondary N) is 3. The number of aromatic nitrogens is 1. The highest BCUT2D eigenvalue weighted by Crippen LogP contribution is 2.21. The Morgan fingerprint density at radius 3 is 2.59 bits per heavy atom. The van der Waals surface area contributed by atoms with Gasteiger partial charge in [-0.05, 0) is 43.3 Å². The molecule has 112 valence electrons. The summed E-state index contributed by atoms with van der Waals surface area (Å²) in [6, 6.07) is 14.7. The fourth-order valence-corrected chi connectivity index (χ4v) is 2.35. The molecule has 3 aromatic rings. The molecule has 0 aliphatic rings. The molecular weight excluding hydrogens is 278 g/mol. The highest BCUT2D eigenvalue weighted by atomic mass is 16.5. The number of urea groups is 1. The second-order valence-corrected chi connectivity index (χ2v) is 5.07. The Morgan fingerprint density at radius 1 is 1.05 bits per heavy atom. The van der Waals surface area contributed by atoms with Crippen LogP contribution in [0.5, 0.6) is 5.75 Å². The fraction of sp³-hybridized carbons (Fsp3) is 0.118. The van der Waals surface area contributed by atoms with Crippen molar-refractivity contribution in [1.82, 2.24) is 4.98 Å². The summed E-state index contributed by atoms with van der Waals surface area (Å²) in [6.07, 6.45) is 0. The van der Waals surface area contributed by atoms with Crippen LogP contribution in [0.25, 0.3) is 10.9 Å². The van der Waals surface area contributed by atoms with E-state index >= 15 is 0 Å². The van der Waals surface area contributed by atoms with Crippen molar-refractivity contribution in [3.05, 3.63) is 54.2 Å². The minimum atomic E-state index is -0.292. The summed E-state index contributed by atoms with van der Waals surface area (Å²) in [5, 5.41) is 6.67. The minimum Gasteiger partial charge on any atom is -0.497 e. The highest BCUT2D eigenvalue weighted by molar-refractivity contribution is 6.01. The molecule has 0 radical (unpaired) electrons. The van der Waals surface area contributed by atoms with Crippen LogP contribution in [0, 0.1) is 6.92 Å². The van der Waals surface area contributed by atoms with E-state index in [9.17, 15) is 4.79 Å². The topological polar surface area (TPSA) is 66.2 Å². The zero-order valence-corrected chi connectivity index (χ0v) is 12.4. The standard InChI is InChI=1S/C17H17N3O2/c1-11-8-12-9-14(6-7-16(12)18-11)20-17(21)19-13-4-3-5-15(10-13)22-2/h3-10,18H,1-2H3,(H2,19,20,21). The minimum absolute atomic E-state index is 0.292. The van der Waals surface area contributed by atoms with E-state index in [-0.39, 0.29) is 6.03 Å². The SMILES string of the molecule is COc1cccc(NC(=O)Nc2ccc3[nH]c(C)cc3c2)c1. The van der Waals surface area contributed by atoms with Gasteiger partial charge in [-0.3, -0.25) is 0 Å². The van der Waals surface area contributed by atoms with Crippen molar-refractivity contribution >= 4 is 28.3 Å². The lowest BCUT2D eigenvalue weighted by Gasteiger charge is -2.09. The van der Waals surface area contributed by atoms with Gasteiger partial charge < -0.3 is 20.4 Å². The van der Waals surface area contributed by atoms with Crippen molar-refractivity contribution in [2.24, 2.45) is 0 Å². The number of ether oxygens (including phenoxy) is 1. The number of benzene rings is 2. The monoisotopic (exact) mass is 295 g/mol. The second-order valence-electron chi connectivity index (χ2n) is 5.07. The van der Waals surface area contributed by atoms with Crippen molar-refractivity contribution in [2.75, 3.05) is 17.7 Å². The number of H-pyrrole nitrogens is 1. The van der Waals surface area contributed by atoms with Crippen LogP contribution < -0.4 is 15.4 Å². The number of aryl methyl sites for hydroxylation is 1. The zero-order valence-electron chi connectivity index (χ0n) is 12.4. The molecule has 0 unspecified atom stereocenters. The maximum Gasteiger partial charge on any atom is 0.323 e. The summed E-state index contributed by atoms with van der Waals surface area (Å²) in [5.41, 5.74) is 3.56. The average Bonchev–Trinajstić information content (AvgIpc) is 2.86. The molecule has 1 aromatic heterocycles. The number of carbonyl (C=O) groups is 1. The Morgan fingerprint density at radius 2 is 1.82 bits per heavy atom. The molecular formula is C17H17N3O2. The fourth-order valence-electron chi connectivity index (χ4n) is 2.35. The third-order valence-electron chi connectivity index (χ3n) is 3.34. The normalized spacial score (nSPS) is 10.5. The van der Waals surface area contributed by atoms with Crippen LogP contribution in [0.15, 0.2) is 48.5 Å². The molecule has 3 rings (SSSR count). The summed E-state index contributed by atoms with van der Waals surface area (Å²) in [7, 11) is 1.59. The molecule has 3 N–H and O–H groups in total.